The summed E-state index contributed by atoms with van der Waals surface area (Å²) in [5, 5.41) is 10.3. The Bertz CT molecular complexity index is 1930. The van der Waals surface area contributed by atoms with Gasteiger partial charge in [-0.1, -0.05) is 84.5 Å². The molecule has 5 heterocycles. The Morgan fingerprint density at radius 1 is 1.08 bits per heavy atom. The largest absolute Gasteiger partial charge is 2.00 e. The van der Waals surface area contributed by atoms with Crippen LogP contribution in [0.4, 0.5) is 0 Å². The molecule has 1 saturated heterocycles. The number of aromatic nitrogens is 2. The van der Waals surface area contributed by atoms with Gasteiger partial charge in [-0.2, -0.15) is 17.1 Å². The normalized spacial score (nSPS) is 25.5. The molecule has 0 radical (unpaired) electrons. The van der Waals surface area contributed by atoms with E-state index in [1.165, 1.54) is 12.7 Å². The van der Waals surface area contributed by atoms with E-state index in [2.05, 4.69) is 27.4 Å². The maximum atomic E-state index is 14.2. The number of Topliss-reactive ketones (excluding diaryl/α,β-unsaturated/α-hetero) is 1. The van der Waals surface area contributed by atoms with Crippen molar-refractivity contribution in [2.45, 2.75) is 80.2 Å². The summed E-state index contributed by atoms with van der Waals surface area (Å²) in [5.41, 5.74) is 11.9. The Balaban J connectivity index is 0.00000486. The van der Waals surface area contributed by atoms with Crippen LogP contribution in [-0.4, -0.2) is 60.5 Å². The third-order valence-corrected chi connectivity index (χ3v) is 10.5. The molecular weight excluding hydrogens is 641 g/mol. The molecule has 6 rings (SSSR count). The van der Waals surface area contributed by atoms with Gasteiger partial charge in [-0.15, -0.1) is 22.8 Å². The van der Waals surface area contributed by atoms with Crippen molar-refractivity contribution >= 4 is 64.6 Å². The van der Waals surface area contributed by atoms with Crippen molar-refractivity contribution in [1.29, 1.82) is 0 Å². The second-order valence-electron chi connectivity index (χ2n) is 13.6. The first-order chi connectivity index (χ1) is 23.4. The third kappa shape index (κ3) is 6.36. The number of allylic oxidation sites excluding steroid dienone is 4. The van der Waals surface area contributed by atoms with Crippen LogP contribution in [0, 0.1) is 31.6 Å². The van der Waals surface area contributed by atoms with E-state index in [0.717, 1.165) is 51.5 Å². The van der Waals surface area contributed by atoms with Gasteiger partial charge in [0.15, 0.2) is 5.78 Å². The van der Waals surface area contributed by atoms with Gasteiger partial charge in [0.05, 0.1) is 7.11 Å². The van der Waals surface area contributed by atoms with Gasteiger partial charge >= 0.3 is 35.0 Å². The van der Waals surface area contributed by atoms with E-state index < -0.39 is 11.9 Å². The van der Waals surface area contributed by atoms with Gasteiger partial charge in [-0.25, -0.2) is 0 Å². The molecule has 0 amide bonds. The number of hydrogen-bond donors (Lipinski definition) is 0. The van der Waals surface area contributed by atoms with Crippen LogP contribution in [0.2, 0.25) is 0 Å². The minimum absolute atomic E-state index is 0. The Morgan fingerprint density at radius 3 is 2.46 bits per heavy atom. The van der Waals surface area contributed by atoms with Crippen LogP contribution in [0.1, 0.15) is 104 Å². The van der Waals surface area contributed by atoms with Crippen molar-refractivity contribution in [2.75, 3.05) is 13.7 Å². The Kier molecular flexibility index (Phi) is 10.9. The van der Waals surface area contributed by atoms with Gasteiger partial charge in [-0.05, 0) is 70.9 Å². The second-order valence-corrected chi connectivity index (χ2v) is 13.6. The monoisotopic (exact) mass is 684 g/mol. The Morgan fingerprint density at radius 2 is 1.80 bits per heavy atom. The molecule has 0 N–H and O–H groups in total. The van der Waals surface area contributed by atoms with E-state index in [0.29, 0.717) is 46.6 Å². The first-order valence-corrected chi connectivity index (χ1v) is 17.1. The van der Waals surface area contributed by atoms with Crippen LogP contribution < -0.4 is 9.97 Å². The molecule has 8 bridgehead atoms. The quantitative estimate of drug-likeness (QED) is 0.122. The van der Waals surface area contributed by atoms with E-state index in [1.54, 1.807) is 0 Å². The molecule has 10 heteroatoms. The van der Waals surface area contributed by atoms with Gasteiger partial charge in [0.2, 0.25) is 0 Å². The Hall–Kier alpha value is -4.02. The van der Waals surface area contributed by atoms with Crippen molar-refractivity contribution < 1.29 is 23.9 Å². The molecule has 4 aliphatic rings. The zero-order valence-electron chi connectivity index (χ0n) is 30.4. The SMILES string of the molecule is C=Cc1c2[n-]c(c1C)/C=C1\[N-]/C(=C3\c4[n-]c(c(C)c4C(=O)[C@@H]3C(=O)OC)/C=C3\[N-]C(C2)C(C)=C3CC)[C@@H](CCC(=O)OCC=C(C)C)[C@@H]1C.[Mg+2]. The van der Waals surface area contributed by atoms with Crippen LogP contribution in [0.3, 0.4) is 0 Å². The van der Waals surface area contributed by atoms with Crippen LogP contribution in [-0.2, 0) is 25.5 Å². The molecule has 4 atom stereocenters. The molecule has 9 nitrogen and oxygen atoms in total. The van der Waals surface area contributed by atoms with Crippen molar-refractivity contribution in [3.63, 3.8) is 0 Å². The second kappa shape index (κ2) is 14.7. The van der Waals surface area contributed by atoms with E-state index in [1.807, 2.05) is 52.0 Å². The molecule has 50 heavy (non-hydrogen) atoms. The first kappa shape index (κ1) is 37.2. The summed E-state index contributed by atoms with van der Waals surface area (Å²) in [7, 11) is 1.28. The van der Waals surface area contributed by atoms with Crippen LogP contribution >= 0.6 is 0 Å². The maximum Gasteiger partial charge on any atom is 2.00 e. The first-order valence-electron chi connectivity index (χ1n) is 17.1. The maximum absolute atomic E-state index is 14.2. The van der Waals surface area contributed by atoms with Crippen molar-refractivity contribution in [2.24, 2.45) is 17.8 Å². The van der Waals surface area contributed by atoms with E-state index in [-0.39, 0.29) is 65.7 Å². The minimum Gasteiger partial charge on any atom is -0.678 e. The van der Waals surface area contributed by atoms with Gasteiger partial charge in [0.25, 0.3) is 0 Å². The average molecular weight is 685 g/mol. The number of carbonyl (C=O) groups is 3. The predicted molar refractivity (Wildman–Crippen MR) is 197 cm³/mol. The van der Waals surface area contributed by atoms with Gasteiger partial charge in [-0.3, -0.25) is 14.4 Å². The molecule has 2 aromatic heterocycles. The number of rotatable bonds is 8. The standard InChI is InChI=1S/C40H45N4O5.Mg/c1-10-24-20(5)27-16-29-22(7)26(12-13-33(45)49-15-14-19(3)4)37(43-29)35-36(40(47)48-9)39(46)34-23(8)30(44-38(34)35)18-32-25(11-2)21(6)28(42-32)17-31(24)41-27;/h10,14,16,18,22,26,28,36H,1,11-13,15,17H2,2-9H3,(H-,43,44,46);/q-3;+2/p-1/b29-16-,32-18-;/t22-,26-,28?,36+;/m0./s1. The number of methoxy groups -OCH3 is 1. The topological polar surface area (TPSA) is 126 Å². The molecule has 0 saturated carbocycles. The number of fused-ring (bicyclic) bond motifs is 7. The number of carbonyl (C=O) groups excluding carboxylic acids is 3. The predicted octanol–water partition coefficient (Wildman–Crippen LogP) is 7.53. The summed E-state index contributed by atoms with van der Waals surface area (Å²) < 4.78 is 10.7. The average Bonchev–Trinajstić information content (AvgIpc) is 3.80. The molecule has 2 aromatic rings. The fraction of sp³-hybridized carbons (Fsp3) is 0.425. The number of ether oxygens (including phenoxy) is 2. The zero-order valence-corrected chi connectivity index (χ0v) is 31.8. The Labute approximate surface area is 311 Å². The van der Waals surface area contributed by atoms with E-state index in [4.69, 9.17) is 30.1 Å². The molecule has 258 valence electrons. The number of ketones is 1. The molecule has 1 unspecified atom stereocenters. The van der Waals surface area contributed by atoms with E-state index in [9.17, 15) is 14.4 Å². The summed E-state index contributed by atoms with van der Waals surface area (Å²) in [5.74, 6) is -2.99. The molecule has 0 aromatic carbocycles. The summed E-state index contributed by atoms with van der Waals surface area (Å²) >= 11 is 0. The smallest absolute Gasteiger partial charge is 0.678 e. The summed E-state index contributed by atoms with van der Waals surface area (Å²) in [6.07, 6.45) is 9.65. The minimum atomic E-state index is -1.20. The molecule has 3 aliphatic heterocycles. The third-order valence-electron chi connectivity index (χ3n) is 10.5. The fourth-order valence-corrected chi connectivity index (χ4v) is 7.64. The fourth-order valence-electron chi connectivity index (χ4n) is 7.64. The molecular formula is C40H44MgN4O5-2. The zero-order chi connectivity index (χ0) is 35.3. The van der Waals surface area contributed by atoms with Gasteiger partial charge in [0.1, 0.15) is 12.5 Å². The summed E-state index contributed by atoms with van der Waals surface area (Å²) in [6, 6.07) is -0.0897. The van der Waals surface area contributed by atoms with Crippen molar-refractivity contribution in [3.05, 3.63) is 102 Å². The van der Waals surface area contributed by atoms with Crippen LogP contribution in [0.15, 0.2) is 46.5 Å². The van der Waals surface area contributed by atoms with Crippen LogP contribution in [0.5, 0.6) is 0 Å². The van der Waals surface area contributed by atoms with Crippen molar-refractivity contribution in [3.8, 4) is 0 Å². The summed E-state index contributed by atoms with van der Waals surface area (Å²) in [6.45, 7) is 18.4. The molecule has 0 spiro atoms. The van der Waals surface area contributed by atoms with E-state index >= 15 is 0 Å². The molecule has 1 aliphatic carbocycles. The number of nitrogens with zero attached hydrogens (tertiary/aromatic N) is 4. The number of esters is 2. The molecule has 1 fully saturated rings. The number of hydrogen-bond acceptors (Lipinski definition) is 5. The van der Waals surface area contributed by atoms with Gasteiger partial charge < -0.3 is 30.1 Å². The van der Waals surface area contributed by atoms with Crippen LogP contribution in [0.25, 0.3) is 34.4 Å². The van der Waals surface area contributed by atoms with Crippen molar-refractivity contribution in [1.82, 2.24) is 9.97 Å². The van der Waals surface area contributed by atoms with Gasteiger partial charge in [0, 0.05) is 12.0 Å². The summed E-state index contributed by atoms with van der Waals surface area (Å²) in [4.78, 5) is 50.6.